The molecule has 0 saturated carbocycles. The minimum Gasteiger partial charge on any atom is -0.871 e. The van der Waals surface area contributed by atoms with Crippen LogP contribution in [0.15, 0.2) is 42.2 Å². The van der Waals surface area contributed by atoms with E-state index >= 15 is 0 Å². The number of anilines is 1. The monoisotopic (exact) mass is 664 g/mol. The van der Waals surface area contributed by atoms with E-state index in [1.807, 2.05) is 0 Å². The summed E-state index contributed by atoms with van der Waals surface area (Å²) in [6.07, 6.45) is 6.10. The Morgan fingerprint density at radius 2 is 1.45 bits per heavy atom. The second-order valence-corrected chi connectivity index (χ2v) is 16.7. The SMILES string of the molecule is CCc1cc(C2=C([O-])/C(=c3\cc(CC)/c(=C4/C=CC(=[N+](C(C)C)C(C)C)S4)s3)C2=O)sc1-c1ccc(N(C(C)C)C(C)C)s1. The lowest BCUT2D eigenvalue weighted by Gasteiger charge is -2.31. The lowest BCUT2D eigenvalue weighted by molar-refractivity contribution is -0.584. The number of allylic oxidation sites excluding steroid dienone is 2. The second-order valence-electron chi connectivity index (χ2n) is 12.5. The Morgan fingerprint density at radius 3 is 2.02 bits per heavy atom. The van der Waals surface area contributed by atoms with Gasteiger partial charge in [-0.15, -0.1) is 34.0 Å². The fraction of sp³-hybridized carbons (Fsp3) is 0.444. The fourth-order valence-corrected chi connectivity index (χ4v) is 11.7. The summed E-state index contributed by atoms with van der Waals surface area (Å²) in [5, 5.41) is 16.2. The zero-order valence-corrected chi connectivity index (χ0v) is 30.8. The van der Waals surface area contributed by atoms with Gasteiger partial charge in [0.2, 0.25) is 5.04 Å². The van der Waals surface area contributed by atoms with Crippen molar-refractivity contribution in [1.29, 1.82) is 0 Å². The first-order chi connectivity index (χ1) is 20.9. The van der Waals surface area contributed by atoms with Crippen LogP contribution < -0.4 is 19.1 Å². The molecule has 0 bridgehead atoms. The first-order valence-electron chi connectivity index (χ1n) is 15.7. The van der Waals surface area contributed by atoms with E-state index in [4.69, 9.17) is 0 Å². The van der Waals surface area contributed by atoms with Gasteiger partial charge in [-0.1, -0.05) is 19.6 Å². The van der Waals surface area contributed by atoms with Crippen LogP contribution in [0.3, 0.4) is 0 Å². The summed E-state index contributed by atoms with van der Waals surface area (Å²) in [4.78, 5) is 20.5. The number of nitrogens with zero attached hydrogens (tertiary/aromatic N) is 2. The lowest BCUT2D eigenvalue weighted by atomic mass is 9.87. The van der Waals surface area contributed by atoms with E-state index in [2.05, 4.69) is 115 Å². The van der Waals surface area contributed by atoms with Gasteiger partial charge in [-0.05, 0) is 121 Å². The number of hydrogen-bond donors (Lipinski definition) is 0. The zero-order valence-electron chi connectivity index (χ0n) is 27.5. The molecule has 0 aromatic carbocycles. The Hall–Kier alpha value is -2.39. The molecule has 234 valence electrons. The van der Waals surface area contributed by atoms with Gasteiger partial charge >= 0.3 is 0 Å². The highest BCUT2D eigenvalue weighted by atomic mass is 32.2. The maximum Gasteiger partial charge on any atom is 0.240 e. The molecule has 1 aliphatic heterocycles. The molecule has 5 rings (SSSR count). The fourth-order valence-electron chi connectivity index (χ4n) is 6.28. The molecule has 0 N–H and O–H groups in total. The first-order valence-corrected chi connectivity index (χ1v) is 19.0. The van der Waals surface area contributed by atoms with Gasteiger partial charge in [-0.2, -0.15) is 0 Å². The average molecular weight is 665 g/mol. The van der Waals surface area contributed by atoms with E-state index in [0.717, 1.165) is 22.3 Å². The molecule has 44 heavy (non-hydrogen) atoms. The van der Waals surface area contributed by atoms with Gasteiger partial charge in [0.05, 0.1) is 5.00 Å². The highest BCUT2D eigenvalue weighted by Gasteiger charge is 2.32. The van der Waals surface area contributed by atoms with Crippen molar-refractivity contribution >= 4 is 77.7 Å². The van der Waals surface area contributed by atoms with E-state index in [1.54, 1.807) is 45.8 Å². The summed E-state index contributed by atoms with van der Waals surface area (Å²) in [7, 11) is 0. The Kier molecular flexibility index (Phi) is 9.86. The third kappa shape index (κ3) is 5.95. The maximum absolute atomic E-state index is 13.7. The topological polar surface area (TPSA) is 46.4 Å². The third-order valence-corrected chi connectivity index (χ3v) is 13.1. The highest BCUT2D eigenvalue weighted by Crippen LogP contribution is 2.46. The quantitative estimate of drug-likeness (QED) is 0.223. The minimum atomic E-state index is -0.115. The minimum absolute atomic E-state index is 0.115. The number of carbonyl (C=O) groups excluding carboxylic acids is 1. The summed E-state index contributed by atoms with van der Waals surface area (Å²) in [5.41, 5.74) is 3.09. The van der Waals surface area contributed by atoms with Crippen LogP contribution in [0.25, 0.3) is 25.8 Å². The van der Waals surface area contributed by atoms with Crippen LogP contribution in [0.2, 0.25) is 0 Å². The van der Waals surface area contributed by atoms with E-state index in [-0.39, 0.29) is 11.5 Å². The molecule has 8 heteroatoms. The Balaban J connectivity index is 1.54. The zero-order chi connectivity index (χ0) is 32.0. The van der Waals surface area contributed by atoms with E-state index in [1.165, 1.54) is 40.4 Å². The number of ketones is 1. The highest BCUT2D eigenvalue weighted by molar-refractivity contribution is 8.22. The first kappa shape index (κ1) is 33.0. The predicted octanol–water partition coefficient (Wildman–Crippen LogP) is 7.43. The van der Waals surface area contributed by atoms with Gasteiger partial charge < -0.3 is 10.0 Å². The van der Waals surface area contributed by atoms with Crippen molar-refractivity contribution in [2.45, 2.75) is 106 Å². The number of hydrogen-bond acceptors (Lipinski definition) is 7. The van der Waals surface area contributed by atoms with E-state index < -0.39 is 0 Å². The molecule has 4 nitrogen and oxygen atoms in total. The van der Waals surface area contributed by atoms with Gasteiger partial charge in [-0.25, -0.2) is 4.58 Å². The molecule has 0 fully saturated rings. The molecule has 0 saturated heterocycles. The summed E-state index contributed by atoms with van der Waals surface area (Å²) in [6.45, 7) is 22.1. The van der Waals surface area contributed by atoms with Crippen LogP contribution in [0, 0.1) is 0 Å². The number of thioether (sulfide) groups is 1. The van der Waals surface area contributed by atoms with Crippen molar-refractivity contribution in [3.63, 3.8) is 0 Å². The summed E-state index contributed by atoms with van der Waals surface area (Å²) < 4.78 is 4.41. The molecule has 0 spiro atoms. The van der Waals surface area contributed by atoms with E-state index in [0.29, 0.717) is 35.3 Å². The van der Waals surface area contributed by atoms with Crippen molar-refractivity contribution in [3.05, 3.63) is 67.2 Å². The second kappa shape index (κ2) is 13.1. The summed E-state index contributed by atoms with van der Waals surface area (Å²) in [6, 6.07) is 10.2. The van der Waals surface area contributed by atoms with Crippen LogP contribution in [0.5, 0.6) is 0 Å². The molecular weight excluding hydrogens is 621 g/mol. The molecular formula is C36H44N2O2S4. The molecule has 1 aliphatic carbocycles. The normalized spacial score (nSPS) is 17.8. The Bertz CT molecular complexity index is 1790. The van der Waals surface area contributed by atoms with Gasteiger partial charge in [0.1, 0.15) is 12.1 Å². The van der Waals surface area contributed by atoms with Gasteiger partial charge in [-0.3, -0.25) is 4.79 Å². The van der Waals surface area contributed by atoms with Crippen molar-refractivity contribution in [3.8, 4) is 9.75 Å². The molecule has 4 heterocycles. The number of aryl methyl sites for hydroxylation is 2. The molecule has 0 amide bonds. The summed E-state index contributed by atoms with van der Waals surface area (Å²) in [5.74, 6) is -0.229. The number of rotatable bonds is 9. The van der Waals surface area contributed by atoms with E-state index in [9.17, 15) is 9.90 Å². The molecule has 3 aromatic heterocycles. The van der Waals surface area contributed by atoms with Crippen LogP contribution in [0.4, 0.5) is 5.00 Å². The van der Waals surface area contributed by atoms with Crippen molar-refractivity contribution in [2.75, 3.05) is 4.90 Å². The molecule has 0 radical (unpaired) electrons. The molecule has 0 atom stereocenters. The molecule has 0 unspecified atom stereocenters. The van der Waals surface area contributed by atoms with Crippen LogP contribution >= 0.6 is 45.8 Å². The smallest absolute Gasteiger partial charge is 0.240 e. The van der Waals surface area contributed by atoms with Crippen molar-refractivity contribution < 1.29 is 14.5 Å². The average Bonchev–Trinajstić information content (AvgIpc) is 3.74. The largest absolute Gasteiger partial charge is 0.871 e. The Morgan fingerprint density at radius 1 is 0.795 bits per heavy atom. The lowest BCUT2D eigenvalue weighted by Crippen LogP contribution is -2.36. The van der Waals surface area contributed by atoms with Crippen LogP contribution in [0.1, 0.15) is 85.2 Å². The number of carbonyl (C=O) groups is 1. The van der Waals surface area contributed by atoms with Gasteiger partial charge in [0.25, 0.3) is 0 Å². The van der Waals surface area contributed by atoms with Crippen LogP contribution in [-0.4, -0.2) is 39.6 Å². The van der Waals surface area contributed by atoms with Crippen LogP contribution in [-0.2, 0) is 17.6 Å². The number of thiophene rings is 3. The Labute approximate surface area is 278 Å². The van der Waals surface area contributed by atoms with Gasteiger partial charge in [0, 0.05) is 57.9 Å². The van der Waals surface area contributed by atoms with Gasteiger partial charge in [0.15, 0.2) is 5.78 Å². The van der Waals surface area contributed by atoms with Crippen molar-refractivity contribution in [2.24, 2.45) is 0 Å². The summed E-state index contributed by atoms with van der Waals surface area (Å²) >= 11 is 6.76. The standard InChI is InChI=1S/C36H44N2O2S4/c1-11-23-17-27(43-35(23)25-13-15-29(41-25)37(19(3)4)20(5)6)31-33(39)32(34(31)40)28-18-24(12-2)36(44-28)26-14-16-30(42-26)38(21(7)8)22(9)10/h13-22H,11-12H2,1-10H3. The van der Waals surface area contributed by atoms with Crippen molar-refractivity contribution in [1.82, 2.24) is 0 Å². The predicted molar refractivity (Wildman–Crippen MR) is 194 cm³/mol. The maximum atomic E-state index is 13.7. The molecule has 2 aliphatic rings. The molecule has 3 aromatic rings. The number of Topliss-reactive ketones (excluding diaryl/α,β-unsaturated/α-hetero) is 1. The third-order valence-electron chi connectivity index (χ3n) is 8.15.